The first-order valence-electron chi connectivity index (χ1n) is 19.0. The first kappa shape index (κ1) is 57.7. The van der Waals surface area contributed by atoms with Gasteiger partial charge in [0.2, 0.25) is 11.8 Å². The standard InChI is InChI=1S/C17H19NO3.C13H15NO3.C6H18NSi2.C4H5Br.C4H5I.Na/c1-3-4-8-13(2)16(19)18-15(12-21-17(18)20)11-14-9-6-5-7-10-14;1-2-12(15)14-11(9-17-13(14)16)8-10-6-4-3-5-7-10;1-8(2,3)7-9(4,5)6;2*1-2-3-4-5;/h5-7,9-10,13,15H,8,11-12H2,1-2H3;3-7,11H,2,8-9H2,1H3;1-6H3;2*4H2,1H3;/q;;-1;;;+1/t13-,15+;11-;;;;/m01..../s1. The number of benzene rings is 2. The van der Waals surface area contributed by atoms with Gasteiger partial charge in [-0.2, -0.15) is 0 Å². The zero-order chi connectivity index (χ0) is 43.4. The van der Waals surface area contributed by atoms with Crippen LogP contribution in [0.4, 0.5) is 9.59 Å². The fourth-order valence-electron chi connectivity index (χ4n) is 5.46. The second-order valence-corrected chi connectivity index (χ2v) is 25.7. The number of rotatable bonds is 9. The smallest absolute Gasteiger partial charge is 0.668 e. The SMILES string of the molecule is CC#CCBr.CC#CCI.CC#CC[C@H](C)C(=O)N1C(=O)OC[C@H]1Cc1ccccc1.CCC(=O)N1C(=O)OC[C@H]1Cc1ccccc1.C[Si](C)(C)[N-][Si](C)(C)C.[Na+]. The van der Waals surface area contributed by atoms with Crippen molar-refractivity contribution in [1.29, 1.82) is 0 Å². The molecule has 312 valence electrons. The van der Waals surface area contributed by atoms with Crippen molar-refractivity contribution in [3.63, 3.8) is 0 Å². The number of carbonyl (C=O) groups excluding carboxylic acids is 4. The summed E-state index contributed by atoms with van der Waals surface area (Å²) in [5, 5.41) is 0.795. The third-order valence-electron chi connectivity index (χ3n) is 7.52. The van der Waals surface area contributed by atoms with Gasteiger partial charge in [-0.15, -0.1) is 23.7 Å². The molecule has 9 nitrogen and oxygen atoms in total. The van der Waals surface area contributed by atoms with Crippen LogP contribution >= 0.6 is 38.5 Å². The van der Waals surface area contributed by atoms with Crippen LogP contribution < -0.4 is 29.6 Å². The molecule has 0 spiro atoms. The van der Waals surface area contributed by atoms with Crippen molar-refractivity contribution in [2.45, 2.75) is 112 Å². The fourth-order valence-corrected chi connectivity index (χ4v) is 14.2. The van der Waals surface area contributed by atoms with Crippen LogP contribution in [0.25, 0.3) is 4.65 Å². The molecule has 0 N–H and O–H groups in total. The summed E-state index contributed by atoms with van der Waals surface area (Å²) < 4.78 is 15.8. The zero-order valence-electron chi connectivity index (χ0n) is 36.7. The van der Waals surface area contributed by atoms with Gasteiger partial charge >= 0.3 is 41.7 Å². The first-order chi connectivity index (χ1) is 26.9. The van der Waals surface area contributed by atoms with E-state index in [-0.39, 0.29) is 66.0 Å². The molecule has 2 aliphatic rings. The summed E-state index contributed by atoms with van der Waals surface area (Å²) in [5.74, 6) is 16.1. The number of hydrogen-bond donors (Lipinski definition) is 0. The van der Waals surface area contributed by atoms with Crippen LogP contribution in [0, 0.1) is 41.4 Å². The van der Waals surface area contributed by atoms with Gasteiger partial charge < -0.3 is 14.1 Å². The van der Waals surface area contributed by atoms with Crippen LogP contribution in [0.15, 0.2) is 60.7 Å². The molecule has 2 aromatic rings. The van der Waals surface area contributed by atoms with Gasteiger partial charge in [-0.3, -0.25) is 9.59 Å². The minimum atomic E-state index is -1.11. The second-order valence-electron chi connectivity index (χ2n) is 14.8. The monoisotopic (exact) mass is 1010 g/mol. The molecule has 0 aliphatic carbocycles. The van der Waals surface area contributed by atoms with Crippen LogP contribution in [0.1, 0.15) is 58.6 Å². The van der Waals surface area contributed by atoms with E-state index in [1.54, 1.807) is 20.8 Å². The first-order valence-corrected chi connectivity index (χ1v) is 28.5. The zero-order valence-corrected chi connectivity index (χ0v) is 44.5. The Labute approximate surface area is 396 Å². The predicted octanol–water partition coefficient (Wildman–Crippen LogP) is 7.50. The number of cyclic esters (lactones) is 2. The summed E-state index contributed by atoms with van der Waals surface area (Å²) in [6, 6.07) is 19.2. The summed E-state index contributed by atoms with van der Waals surface area (Å²) in [7, 11) is -2.21. The van der Waals surface area contributed by atoms with Crippen molar-refractivity contribution in [1.82, 2.24) is 9.80 Å². The molecule has 2 aliphatic heterocycles. The van der Waals surface area contributed by atoms with Crippen LogP contribution in [0.3, 0.4) is 0 Å². The Morgan fingerprint density at radius 1 is 0.776 bits per heavy atom. The van der Waals surface area contributed by atoms with E-state index in [0.29, 0.717) is 32.3 Å². The normalized spacial score (nSPS) is 15.5. The van der Waals surface area contributed by atoms with Crippen molar-refractivity contribution in [2.75, 3.05) is 23.0 Å². The number of ether oxygens (including phenoxy) is 2. The molecule has 4 rings (SSSR count). The number of amides is 4. The maximum absolute atomic E-state index is 12.4. The van der Waals surface area contributed by atoms with Crippen LogP contribution in [-0.2, 0) is 31.9 Å². The third kappa shape index (κ3) is 26.0. The van der Waals surface area contributed by atoms with E-state index in [4.69, 9.17) is 14.1 Å². The van der Waals surface area contributed by atoms with E-state index in [1.807, 2.05) is 74.5 Å². The van der Waals surface area contributed by atoms with Gasteiger partial charge in [0.25, 0.3) is 0 Å². The Kier molecular flexibility index (Phi) is 32.2. The molecular formula is C44H62BrIN3NaO6Si2. The van der Waals surface area contributed by atoms with Crippen molar-refractivity contribution in [2.24, 2.45) is 5.92 Å². The van der Waals surface area contributed by atoms with E-state index < -0.39 is 28.7 Å². The van der Waals surface area contributed by atoms with Gasteiger partial charge in [-0.05, 0) is 44.7 Å². The molecule has 3 atom stereocenters. The molecule has 2 saturated heterocycles. The maximum Gasteiger partial charge on any atom is 1.00 e. The fraction of sp³-hybridized carbons (Fsp3) is 0.500. The van der Waals surface area contributed by atoms with Gasteiger partial charge in [-0.25, -0.2) is 19.4 Å². The van der Waals surface area contributed by atoms with Crippen LogP contribution in [-0.4, -0.2) is 85.3 Å². The summed E-state index contributed by atoms with van der Waals surface area (Å²) >= 11 is 5.35. The summed E-state index contributed by atoms with van der Waals surface area (Å²) in [5.41, 5.74) is 2.18. The Morgan fingerprint density at radius 3 is 1.50 bits per heavy atom. The summed E-state index contributed by atoms with van der Waals surface area (Å²) in [6.07, 6.45) is 0.982. The van der Waals surface area contributed by atoms with E-state index in [0.717, 1.165) is 20.9 Å². The quantitative estimate of drug-likeness (QED) is 0.112. The van der Waals surface area contributed by atoms with Gasteiger partial charge in [-0.1, -0.05) is 181 Å². The maximum atomic E-state index is 12.4. The van der Waals surface area contributed by atoms with Crippen molar-refractivity contribution in [3.8, 4) is 35.5 Å². The van der Waals surface area contributed by atoms with E-state index in [2.05, 4.69) is 113 Å². The number of imide groups is 2. The molecule has 2 heterocycles. The molecule has 4 amide bonds. The molecule has 0 aromatic heterocycles. The molecule has 2 fully saturated rings. The molecule has 2 aromatic carbocycles. The minimum absolute atomic E-state index is 0. The van der Waals surface area contributed by atoms with E-state index in [9.17, 15) is 19.2 Å². The Morgan fingerprint density at radius 2 is 1.19 bits per heavy atom. The average molecular weight is 1010 g/mol. The van der Waals surface area contributed by atoms with E-state index in [1.165, 1.54) is 9.80 Å². The molecule has 0 unspecified atom stereocenters. The summed E-state index contributed by atoms with van der Waals surface area (Å²) in [6.45, 7) is 23.3. The Balaban J connectivity index is 0. The largest absolute Gasteiger partial charge is 1.00 e. The molecular weight excluding hydrogens is 952 g/mol. The average Bonchev–Trinajstić information content (AvgIpc) is 3.71. The molecule has 14 heteroatoms. The van der Waals surface area contributed by atoms with Gasteiger partial charge in [0.1, 0.15) is 13.2 Å². The number of alkyl halides is 2. The molecule has 0 radical (unpaired) electrons. The van der Waals surface area contributed by atoms with Crippen molar-refractivity contribution >= 4 is 79.0 Å². The number of halogens is 2. The summed E-state index contributed by atoms with van der Waals surface area (Å²) in [4.78, 5) is 49.9. The van der Waals surface area contributed by atoms with Gasteiger partial charge in [0.15, 0.2) is 0 Å². The number of nitrogens with zero attached hydrogens (tertiary/aromatic N) is 3. The molecule has 0 bridgehead atoms. The van der Waals surface area contributed by atoms with Crippen LogP contribution in [0.5, 0.6) is 0 Å². The minimum Gasteiger partial charge on any atom is -0.668 e. The topological polar surface area (TPSA) is 107 Å². The van der Waals surface area contributed by atoms with Crippen molar-refractivity contribution < 1.29 is 58.2 Å². The van der Waals surface area contributed by atoms with E-state index >= 15 is 0 Å². The molecule has 0 saturated carbocycles. The van der Waals surface area contributed by atoms with Gasteiger partial charge in [0.05, 0.1) is 21.8 Å². The second kappa shape index (κ2) is 32.4. The Hall–Kier alpha value is -2.40. The molecule has 58 heavy (non-hydrogen) atoms. The Bertz CT molecular complexity index is 1680. The number of hydrogen-bond acceptors (Lipinski definition) is 6. The van der Waals surface area contributed by atoms with Crippen molar-refractivity contribution in [3.05, 3.63) is 76.4 Å². The predicted molar refractivity (Wildman–Crippen MR) is 251 cm³/mol. The van der Waals surface area contributed by atoms with Crippen LogP contribution in [0.2, 0.25) is 39.3 Å². The number of carbonyl (C=O) groups is 4. The van der Waals surface area contributed by atoms with Gasteiger partial charge in [0, 0.05) is 18.8 Å². The third-order valence-corrected chi connectivity index (χ3v) is 13.6.